The minimum Gasteiger partial charge on any atom is -0.493 e. The molecule has 0 unspecified atom stereocenters. The fourth-order valence-corrected chi connectivity index (χ4v) is 3.51. The van der Waals surface area contributed by atoms with Crippen LogP contribution in [0.5, 0.6) is 11.5 Å². The highest BCUT2D eigenvalue weighted by Gasteiger charge is 2.17. The minimum atomic E-state index is -0.552. The molecule has 9 heteroatoms. The zero-order valence-corrected chi connectivity index (χ0v) is 16.8. The van der Waals surface area contributed by atoms with Crippen molar-refractivity contribution in [2.75, 3.05) is 19.5 Å². The second-order valence-corrected chi connectivity index (χ2v) is 6.88. The van der Waals surface area contributed by atoms with Gasteiger partial charge in [-0.15, -0.1) is 17.9 Å². The number of nitrogens with two attached hydrogens (primary N) is 1. The molecule has 2 amide bonds. The van der Waals surface area contributed by atoms with Crippen LogP contribution in [-0.4, -0.2) is 36.0 Å². The van der Waals surface area contributed by atoms with Gasteiger partial charge in [-0.05, 0) is 24.6 Å². The molecule has 29 heavy (non-hydrogen) atoms. The zero-order valence-electron chi connectivity index (χ0n) is 15.9. The van der Waals surface area contributed by atoms with E-state index in [1.165, 1.54) is 18.4 Å². The van der Waals surface area contributed by atoms with E-state index < -0.39 is 5.91 Å². The predicted octanol–water partition coefficient (Wildman–Crippen LogP) is 3.24. The number of amides is 2. The third kappa shape index (κ3) is 4.30. The van der Waals surface area contributed by atoms with Gasteiger partial charge in [0.25, 0.3) is 11.8 Å². The lowest BCUT2D eigenvalue weighted by atomic mass is 10.1. The number of aromatic amines is 1. The van der Waals surface area contributed by atoms with Crippen LogP contribution in [0.25, 0.3) is 11.3 Å². The Labute approximate surface area is 171 Å². The summed E-state index contributed by atoms with van der Waals surface area (Å²) >= 11 is 1.27. The van der Waals surface area contributed by atoms with Gasteiger partial charge in [-0.3, -0.25) is 14.9 Å². The number of rotatable bonds is 8. The lowest BCUT2D eigenvalue weighted by Gasteiger charge is -2.14. The van der Waals surface area contributed by atoms with E-state index in [2.05, 4.69) is 21.9 Å². The maximum Gasteiger partial charge on any atom is 0.265 e. The van der Waals surface area contributed by atoms with Crippen LogP contribution in [0.1, 0.15) is 26.4 Å². The molecule has 0 spiro atoms. The summed E-state index contributed by atoms with van der Waals surface area (Å²) in [4.78, 5) is 31.1. The highest BCUT2D eigenvalue weighted by molar-refractivity contribution is 7.14. The number of thiazole rings is 1. The number of H-pyrrole nitrogens is 1. The quantitative estimate of drug-likeness (QED) is 0.491. The Kier molecular flexibility index (Phi) is 5.99. The van der Waals surface area contributed by atoms with Crippen LogP contribution in [0.3, 0.4) is 0 Å². The summed E-state index contributed by atoms with van der Waals surface area (Å²) in [6.07, 6.45) is 3.89. The van der Waals surface area contributed by atoms with Crippen LogP contribution >= 0.6 is 11.3 Å². The van der Waals surface area contributed by atoms with Gasteiger partial charge in [0.2, 0.25) is 0 Å². The Morgan fingerprint density at radius 3 is 2.72 bits per heavy atom. The molecule has 150 valence electrons. The van der Waals surface area contributed by atoms with E-state index >= 15 is 0 Å². The summed E-state index contributed by atoms with van der Waals surface area (Å²) in [6.45, 7) is 3.74. The second-order valence-electron chi connectivity index (χ2n) is 6.02. The number of nitrogens with one attached hydrogen (secondary N) is 2. The van der Waals surface area contributed by atoms with Gasteiger partial charge in [0.1, 0.15) is 5.69 Å². The van der Waals surface area contributed by atoms with E-state index in [4.69, 9.17) is 15.2 Å². The Morgan fingerprint density at radius 1 is 1.31 bits per heavy atom. The van der Waals surface area contributed by atoms with Gasteiger partial charge in [0.15, 0.2) is 16.6 Å². The van der Waals surface area contributed by atoms with Gasteiger partial charge in [-0.1, -0.05) is 6.08 Å². The number of carbonyl (C=O) groups excluding carboxylic acids is 2. The number of hydrogen-bond donors (Lipinski definition) is 3. The molecule has 0 aliphatic carbocycles. The van der Waals surface area contributed by atoms with Crippen LogP contribution in [0.15, 0.2) is 42.4 Å². The average Bonchev–Trinajstić information content (AvgIpc) is 3.37. The molecule has 0 saturated heterocycles. The van der Waals surface area contributed by atoms with Gasteiger partial charge < -0.3 is 20.2 Å². The highest BCUT2D eigenvalue weighted by atomic mass is 32.1. The Balaban J connectivity index is 1.83. The summed E-state index contributed by atoms with van der Waals surface area (Å²) < 4.78 is 10.7. The zero-order chi connectivity index (χ0) is 21.0. The lowest BCUT2D eigenvalue weighted by Crippen LogP contribution is -2.13. The summed E-state index contributed by atoms with van der Waals surface area (Å²) in [7, 11) is 3.06. The first-order valence-electron chi connectivity index (χ1n) is 8.58. The molecule has 0 fully saturated rings. The molecule has 0 atom stereocenters. The first-order chi connectivity index (χ1) is 14.0. The van der Waals surface area contributed by atoms with E-state index in [9.17, 15) is 9.59 Å². The summed E-state index contributed by atoms with van der Waals surface area (Å²) in [5.74, 6) is 0.147. The normalized spacial score (nSPS) is 10.4. The Morgan fingerprint density at radius 2 is 2.10 bits per heavy atom. The molecule has 0 saturated carbocycles. The van der Waals surface area contributed by atoms with E-state index in [1.807, 2.05) is 0 Å². The van der Waals surface area contributed by atoms with Crippen molar-refractivity contribution < 1.29 is 19.1 Å². The lowest BCUT2D eigenvalue weighted by molar-refractivity contribution is 0.0994. The van der Waals surface area contributed by atoms with Crippen molar-refractivity contribution in [3.05, 3.63) is 59.3 Å². The standard InChI is InChI=1S/C20H20N4O4S/c1-4-5-11-6-12(8-16(27-2)17(11)28-3)19(26)24-20-23-15(10-29-20)13-7-14(18(21)25)22-9-13/h4,6-10,22H,1,5H2,2-3H3,(H2,21,25)(H,23,24,26). The number of methoxy groups -OCH3 is 2. The first kappa shape index (κ1) is 20.2. The van der Waals surface area contributed by atoms with Crippen molar-refractivity contribution in [3.8, 4) is 22.8 Å². The molecular weight excluding hydrogens is 392 g/mol. The molecule has 4 N–H and O–H groups in total. The van der Waals surface area contributed by atoms with Gasteiger partial charge in [-0.25, -0.2) is 4.98 Å². The van der Waals surface area contributed by atoms with E-state index in [-0.39, 0.29) is 5.91 Å². The summed E-state index contributed by atoms with van der Waals surface area (Å²) in [5.41, 5.74) is 8.06. The van der Waals surface area contributed by atoms with Crippen LogP contribution < -0.4 is 20.5 Å². The molecule has 0 aliphatic heterocycles. The Hall–Kier alpha value is -3.59. The molecule has 1 aromatic carbocycles. The summed E-state index contributed by atoms with van der Waals surface area (Å²) in [5, 5.41) is 4.98. The van der Waals surface area contributed by atoms with Crippen molar-refractivity contribution in [2.24, 2.45) is 5.73 Å². The average molecular weight is 412 g/mol. The van der Waals surface area contributed by atoms with E-state index in [1.54, 1.807) is 43.0 Å². The van der Waals surface area contributed by atoms with Crippen LogP contribution in [0.4, 0.5) is 5.13 Å². The number of ether oxygens (including phenoxy) is 2. The monoisotopic (exact) mass is 412 g/mol. The molecule has 0 radical (unpaired) electrons. The van der Waals surface area contributed by atoms with Gasteiger partial charge in [0, 0.05) is 28.3 Å². The van der Waals surface area contributed by atoms with E-state index in [0.717, 1.165) is 5.56 Å². The number of aromatic nitrogens is 2. The van der Waals surface area contributed by atoms with Gasteiger partial charge in [-0.2, -0.15) is 0 Å². The highest BCUT2D eigenvalue weighted by Crippen LogP contribution is 2.34. The molecule has 3 rings (SSSR count). The molecule has 2 heterocycles. The first-order valence-corrected chi connectivity index (χ1v) is 9.46. The topological polar surface area (TPSA) is 119 Å². The van der Waals surface area contributed by atoms with E-state index in [0.29, 0.717) is 45.6 Å². The predicted molar refractivity (Wildman–Crippen MR) is 112 cm³/mol. The number of benzene rings is 1. The van der Waals surface area contributed by atoms with Crippen LogP contribution in [-0.2, 0) is 6.42 Å². The SMILES string of the molecule is C=CCc1cc(C(=O)Nc2nc(-c3c[nH]c(C(N)=O)c3)cs2)cc(OC)c1OC. The van der Waals surface area contributed by atoms with Gasteiger partial charge >= 0.3 is 0 Å². The van der Waals surface area contributed by atoms with Crippen molar-refractivity contribution in [1.82, 2.24) is 9.97 Å². The van der Waals surface area contributed by atoms with Crippen molar-refractivity contribution in [1.29, 1.82) is 0 Å². The Bertz CT molecular complexity index is 1070. The molecule has 0 bridgehead atoms. The fraction of sp³-hybridized carbons (Fsp3) is 0.150. The fourth-order valence-electron chi connectivity index (χ4n) is 2.80. The molecule has 0 aliphatic rings. The maximum atomic E-state index is 12.7. The molecular formula is C20H20N4O4S. The van der Waals surface area contributed by atoms with Crippen molar-refractivity contribution in [2.45, 2.75) is 6.42 Å². The number of anilines is 1. The molecule has 8 nitrogen and oxygen atoms in total. The largest absolute Gasteiger partial charge is 0.493 e. The minimum absolute atomic E-state index is 0.290. The van der Waals surface area contributed by atoms with Crippen molar-refractivity contribution >= 4 is 28.3 Å². The number of nitrogens with zero attached hydrogens (tertiary/aromatic N) is 1. The maximum absolute atomic E-state index is 12.7. The number of allylic oxidation sites excluding steroid dienone is 1. The van der Waals surface area contributed by atoms with Gasteiger partial charge in [0.05, 0.1) is 19.9 Å². The van der Waals surface area contributed by atoms with Crippen LogP contribution in [0, 0.1) is 0 Å². The summed E-state index contributed by atoms with van der Waals surface area (Å²) in [6, 6.07) is 4.96. The third-order valence-corrected chi connectivity index (χ3v) is 4.91. The van der Waals surface area contributed by atoms with Crippen molar-refractivity contribution in [3.63, 3.8) is 0 Å². The molecule has 3 aromatic rings. The number of primary amides is 1. The van der Waals surface area contributed by atoms with Crippen LogP contribution in [0.2, 0.25) is 0 Å². The number of carbonyl (C=O) groups is 2. The smallest absolute Gasteiger partial charge is 0.265 e. The third-order valence-electron chi connectivity index (χ3n) is 4.15. The number of hydrogen-bond acceptors (Lipinski definition) is 6. The molecule has 2 aromatic heterocycles. The second kappa shape index (κ2) is 8.61.